The van der Waals surface area contributed by atoms with E-state index in [1.165, 1.54) is 19.1 Å². The molecule has 300 valence electrons. The van der Waals surface area contributed by atoms with E-state index in [2.05, 4.69) is 16.5 Å². The molecule has 8 rings (SSSR count). The summed E-state index contributed by atoms with van der Waals surface area (Å²) in [7, 11) is 2.74. The number of aromatic amines is 2. The number of hydrogen-bond acceptors (Lipinski definition) is 9. The number of ether oxygens (including phenoxy) is 2. The Labute approximate surface area is 341 Å². The maximum atomic E-state index is 14.7. The van der Waals surface area contributed by atoms with Crippen LogP contribution in [0.5, 0.6) is 0 Å². The maximum absolute atomic E-state index is 14.7. The molecule has 3 aromatic heterocycles. The maximum Gasteiger partial charge on any atom is 0.305 e. The molecule has 6 heterocycles. The summed E-state index contributed by atoms with van der Waals surface area (Å²) in [5.74, 6) is -2.71. The van der Waals surface area contributed by atoms with Crippen LogP contribution in [0.1, 0.15) is 94.9 Å². The minimum Gasteiger partial charge on any atom is -0.469 e. The molecule has 1 saturated heterocycles. The molecule has 2 amide bonds. The Bertz CT molecular complexity index is 2750. The molecule has 12 heteroatoms. The van der Waals surface area contributed by atoms with Crippen molar-refractivity contribution in [3.8, 4) is 0 Å². The predicted octanol–water partition coefficient (Wildman–Crippen LogP) is 7.93. The zero-order chi connectivity index (χ0) is 41.9. The number of amides is 2. The third-order valence-electron chi connectivity index (χ3n) is 12.7. The molecule has 3 atom stereocenters. The van der Waals surface area contributed by atoms with Crippen LogP contribution in [0, 0.1) is 25.7 Å². The lowest BCUT2D eigenvalue weighted by Gasteiger charge is -2.37. The van der Waals surface area contributed by atoms with E-state index in [9.17, 15) is 24.0 Å². The van der Waals surface area contributed by atoms with Gasteiger partial charge >= 0.3 is 11.9 Å². The minimum atomic E-state index is -1.02. The summed E-state index contributed by atoms with van der Waals surface area (Å²) in [6.07, 6.45) is 5.99. The second-order valence-corrected chi connectivity index (χ2v) is 15.7. The molecule has 0 radical (unpaired) electrons. The molecular weight excluding hydrogens is 747 g/mol. The number of fused-ring (bicyclic) bond motifs is 13. The van der Waals surface area contributed by atoms with Crippen LogP contribution >= 0.6 is 0 Å². The molecule has 8 bridgehead atoms. The highest BCUT2D eigenvalue weighted by Gasteiger charge is 2.61. The summed E-state index contributed by atoms with van der Waals surface area (Å²) >= 11 is 0. The van der Waals surface area contributed by atoms with Crippen molar-refractivity contribution in [3.63, 3.8) is 0 Å². The number of allylic oxidation sites excluding steroid dienone is 4. The second kappa shape index (κ2) is 14.9. The van der Waals surface area contributed by atoms with Gasteiger partial charge in [0.25, 0.3) is 0 Å². The number of aromatic nitrogens is 4. The Morgan fingerprint density at radius 2 is 1.49 bits per heavy atom. The molecule has 1 fully saturated rings. The number of imide groups is 1. The first-order valence-corrected chi connectivity index (χ1v) is 19.7. The van der Waals surface area contributed by atoms with Crippen molar-refractivity contribution >= 4 is 80.6 Å². The number of anilines is 1. The zero-order valence-electron chi connectivity index (χ0n) is 33.9. The summed E-state index contributed by atoms with van der Waals surface area (Å²) in [4.78, 5) is 84.1. The van der Waals surface area contributed by atoms with E-state index < -0.39 is 17.3 Å². The van der Waals surface area contributed by atoms with Crippen molar-refractivity contribution < 1.29 is 33.4 Å². The number of benzene rings is 1. The molecule has 0 unspecified atom stereocenters. The number of aldehydes is 1. The van der Waals surface area contributed by atoms with Crippen molar-refractivity contribution in [1.29, 1.82) is 0 Å². The van der Waals surface area contributed by atoms with Gasteiger partial charge in [-0.05, 0) is 129 Å². The van der Waals surface area contributed by atoms with Gasteiger partial charge in [0.05, 0.1) is 54.5 Å². The minimum absolute atomic E-state index is 0.137. The fourth-order valence-corrected chi connectivity index (χ4v) is 9.31. The van der Waals surface area contributed by atoms with E-state index >= 15 is 0 Å². The fourth-order valence-electron chi connectivity index (χ4n) is 9.31. The first-order valence-electron chi connectivity index (χ1n) is 19.7. The molecule has 2 N–H and O–H groups in total. The number of nitrogens with one attached hydrogen (secondary N) is 2. The monoisotopic (exact) mass is 791 g/mol. The van der Waals surface area contributed by atoms with E-state index in [1.54, 1.807) is 30.3 Å². The standard InChI is InChI=1S/C47H45N5O7/c1-8-29-24(2)35-20-40-33-16-13-32-44(46(57)52(45(32)56)28-11-9-27(23-53)10-12-28)47(33,5)41(51-40)22-36-26(4)31(15-18-43(55)59-7)39(50-36)21-38-30(14-17-42(54)58-6)25(3)34(49-38)19-37(29)48-35/h8-12,16,19-23,32,44,48,50H,1,13-15,17-18H2,2-7H3/t32-,44+,47-/m1/s1. The lowest BCUT2D eigenvalue weighted by atomic mass is 9.61. The van der Waals surface area contributed by atoms with Crippen LogP contribution in [0.4, 0.5) is 5.69 Å². The molecule has 0 spiro atoms. The number of methoxy groups -OCH3 is 2. The van der Waals surface area contributed by atoms with E-state index in [0.29, 0.717) is 47.6 Å². The lowest BCUT2D eigenvalue weighted by Crippen LogP contribution is -2.41. The molecule has 12 nitrogen and oxygen atoms in total. The van der Waals surface area contributed by atoms with Crippen molar-refractivity contribution in [2.45, 2.75) is 65.2 Å². The van der Waals surface area contributed by atoms with Crippen LogP contribution in [-0.4, -0.2) is 64.2 Å². The van der Waals surface area contributed by atoms with Crippen molar-refractivity contribution in [3.05, 3.63) is 112 Å². The van der Waals surface area contributed by atoms with Gasteiger partial charge in [0.15, 0.2) is 0 Å². The molecule has 3 aliphatic heterocycles. The molecule has 0 saturated carbocycles. The highest BCUT2D eigenvalue weighted by atomic mass is 16.5. The Morgan fingerprint density at radius 1 is 0.847 bits per heavy atom. The van der Waals surface area contributed by atoms with E-state index in [4.69, 9.17) is 19.4 Å². The molecule has 1 aromatic carbocycles. The number of esters is 2. The van der Waals surface area contributed by atoms with Crippen LogP contribution in [0.25, 0.3) is 44.9 Å². The Kier molecular flexibility index (Phi) is 9.90. The van der Waals surface area contributed by atoms with Crippen LogP contribution in [-0.2, 0) is 40.5 Å². The first-order chi connectivity index (χ1) is 28.3. The first kappa shape index (κ1) is 39.2. The average Bonchev–Trinajstić information content (AvgIpc) is 3.95. The fraction of sp³-hybridized carbons (Fsp3) is 0.298. The third kappa shape index (κ3) is 6.34. The van der Waals surface area contributed by atoms with Gasteiger partial charge < -0.3 is 19.4 Å². The smallest absolute Gasteiger partial charge is 0.305 e. The molecule has 1 aliphatic carbocycles. The Hall–Kier alpha value is -6.69. The zero-order valence-corrected chi connectivity index (χ0v) is 33.9. The number of hydrogen-bond donors (Lipinski definition) is 2. The topological polar surface area (TPSA) is 164 Å². The summed E-state index contributed by atoms with van der Waals surface area (Å²) < 4.78 is 10.0. The van der Waals surface area contributed by atoms with Gasteiger partial charge in [-0.3, -0.25) is 33.9 Å². The normalized spacial score (nSPS) is 19.6. The number of carbonyl (C=O) groups excluding carboxylic acids is 5. The van der Waals surface area contributed by atoms with Crippen LogP contribution in [0.3, 0.4) is 0 Å². The van der Waals surface area contributed by atoms with E-state index in [-0.39, 0.29) is 36.6 Å². The van der Waals surface area contributed by atoms with Gasteiger partial charge in [-0.15, -0.1) is 0 Å². The number of nitrogens with zero attached hydrogens (tertiary/aromatic N) is 3. The van der Waals surface area contributed by atoms with Gasteiger partial charge in [-0.25, -0.2) is 4.98 Å². The van der Waals surface area contributed by atoms with Gasteiger partial charge in [0.2, 0.25) is 11.8 Å². The number of rotatable bonds is 9. The van der Waals surface area contributed by atoms with Crippen LogP contribution < -0.4 is 4.90 Å². The SMILES string of the molecule is C=Cc1c(C)c2cc3nc(cc4[nH]c(cc5nc(cc1[nH]2)C(C)=C5CCC(=O)OC)c(CCC(=O)OC)c4C)[C@@]1(C)C3=CC[C@H]2C(=O)N(c3ccc(C=O)cc3)C(=O)[C@H]21. The number of aryl methyl sites for hydroxylation is 3. The molecule has 4 aromatic rings. The summed E-state index contributed by atoms with van der Waals surface area (Å²) in [6.45, 7) is 12.1. The number of carbonyl (C=O) groups is 5. The van der Waals surface area contributed by atoms with Gasteiger partial charge in [0.1, 0.15) is 6.29 Å². The van der Waals surface area contributed by atoms with E-state index in [0.717, 1.165) is 73.0 Å². The predicted molar refractivity (Wildman–Crippen MR) is 226 cm³/mol. The second-order valence-electron chi connectivity index (χ2n) is 15.7. The van der Waals surface area contributed by atoms with Crippen LogP contribution in [0.15, 0.2) is 61.2 Å². The number of H-pyrrole nitrogens is 2. The van der Waals surface area contributed by atoms with Gasteiger partial charge in [-0.2, -0.15) is 0 Å². The average molecular weight is 792 g/mol. The lowest BCUT2D eigenvalue weighted by molar-refractivity contribution is -0.141. The van der Waals surface area contributed by atoms with Crippen molar-refractivity contribution in [2.75, 3.05) is 19.1 Å². The van der Waals surface area contributed by atoms with Crippen molar-refractivity contribution in [2.24, 2.45) is 11.8 Å². The van der Waals surface area contributed by atoms with Crippen molar-refractivity contribution in [1.82, 2.24) is 19.9 Å². The molecule has 4 aliphatic rings. The highest BCUT2D eigenvalue weighted by Crippen LogP contribution is 2.56. The third-order valence-corrected chi connectivity index (χ3v) is 12.7. The Balaban J connectivity index is 1.41. The van der Waals surface area contributed by atoms with E-state index in [1.807, 2.05) is 58.0 Å². The summed E-state index contributed by atoms with van der Waals surface area (Å²) in [5.41, 5.74) is 11.8. The summed E-state index contributed by atoms with van der Waals surface area (Å²) in [5, 5.41) is 0. The molecule has 59 heavy (non-hydrogen) atoms. The van der Waals surface area contributed by atoms with Gasteiger partial charge in [0, 0.05) is 51.5 Å². The Morgan fingerprint density at radius 3 is 2.17 bits per heavy atom. The largest absolute Gasteiger partial charge is 0.469 e. The van der Waals surface area contributed by atoms with Crippen LogP contribution in [0.2, 0.25) is 0 Å². The van der Waals surface area contributed by atoms with Gasteiger partial charge in [-0.1, -0.05) is 18.7 Å². The highest BCUT2D eigenvalue weighted by molar-refractivity contribution is 6.23. The molecular formula is C47H45N5O7. The summed E-state index contributed by atoms with van der Waals surface area (Å²) in [6, 6.07) is 14.4. The quantitative estimate of drug-likeness (QED) is 0.0973.